The molecule has 0 radical (unpaired) electrons. The van der Waals surface area contributed by atoms with Crippen molar-refractivity contribution in [2.45, 2.75) is 24.9 Å². The Bertz CT molecular complexity index is 427. The van der Waals surface area contributed by atoms with Crippen LogP contribution >= 0.6 is 11.8 Å². The molecule has 1 aromatic heterocycles. The number of carbonyl (C=O) groups is 2. The molecule has 0 aromatic carbocycles. The van der Waals surface area contributed by atoms with Gasteiger partial charge in [-0.15, -0.1) is 0 Å². The van der Waals surface area contributed by atoms with E-state index in [1.165, 1.54) is 4.68 Å². The number of carbonyl (C=O) groups excluding carboxylic acids is 1. The topological polar surface area (TPSA) is 84.2 Å². The molecule has 1 saturated heterocycles. The Kier molecular flexibility index (Phi) is 3.90. The van der Waals surface area contributed by atoms with Crippen LogP contribution in [0.5, 0.6) is 0 Å². The molecule has 0 saturated carbocycles. The van der Waals surface area contributed by atoms with Gasteiger partial charge in [-0.3, -0.25) is 9.48 Å². The SMILES string of the molecule is O=C(Cn1cccn1)NC1(C(=O)O)CCSCC1. The third-order valence-corrected chi connectivity index (χ3v) is 3.98. The molecule has 1 aliphatic rings. The van der Waals surface area contributed by atoms with E-state index in [-0.39, 0.29) is 12.5 Å². The average Bonchev–Trinajstić information content (AvgIpc) is 2.82. The van der Waals surface area contributed by atoms with Crippen LogP contribution in [0.2, 0.25) is 0 Å². The second-order valence-electron chi connectivity index (χ2n) is 4.25. The molecule has 6 nitrogen and oxygen atoms in total. The molecule has 98 valence electrons. The quantitative estimate of drug-likeness (QED) is 0.824. The average molecular weight is 269 g/mol. The lowest BCUT2D eigenvalue weighted by atomic mass is 9.92. The first kappa shape index (κ1) is 12.9. The minimum Gasteiger partial charge on any atom is -0.480 e. The van der Waals surface area contributed by atoms with Crippen molar-refractivity contribution in [2.75, 3.05) is 11.5 Å². The van der Waals surface area contributed by atoms with Crippen LogP contribution in [0.3, 0.4) is 0 Å². The Hall–Kier alpha value is -1.50. The summed E-state index contributed by atoms with van der Waals surface area (Å²) < 4.78 is 1.47. The van der Waals surface area contributed by atoms with E-state index in [1.54, 1.807) is 30.2 Å². The van der Waals surface area contributed by atoms with E-state index < -0.39 is 11.5 Å². The molecule has 0 unspecified atom stereocenters. The van der Waals surface area contributed by atoms with E-state index in [9.17, 15) is 14.7 Å². The number of aliphatic carboxylic acids is 1. The van der Waals surface area contributed by atoms with Crippen molar-refractivity contribution in [3.63, 3.8) is 0 Å². The van der Waals surface area contributed by atoms with Crippen molar-refractivity contribution >= 4 is 23.6 Å². The molecule has 2 heterocycles. The molecule has 0 bridgehead atoms. The van der Waals surface area contributed by atoms with Crippen LogP contribution in [-0.2, 0) is 16.1 Å². The fourth-order valence-corrected chi connectivity index (χ4v) is 3.15. The van der Waals surface area contributed by atoms with Gasteiger partial charge in [-0.2, -0.15) is 16.9 Å². The lowest BCUT2D eigenvalue weighted by Gasteiger charge is -2.33. The molecule has 0 spiro atoms. The van der Waals surface area contributed by atoms with E-state index >= 15 is 0 Å². The van der Waals surface area contributed by atoms with Gasteiger partial charge >= 0.3 is 5.97 Å². The van der Waals surface area contributed by atoms with Crippen molar-refractivity contribution in [1.82, 2.24) is 15.1 Å². The minimum atomic E-state index is -1.10. The molecular formula is C11H15N3O3S. The molecule has 2 N–H and O–H groups in total. The van der Waals surface area contributed by atoms with Crippen LogP contribution in [-0.4, -0.2) is 43.8 Å². The monoisotopic (exact) mass is 269 g/mol. The first-order chi connectivity index (χ1) is 8.62. The number of hydrogen-bond acceptors (Lipinski definition) is 4. The van der Waals surface area contributed by atoms with Gasteiger partial charge in [0.05, 0.1) is 0 Å². The van der Waals surface area contributed by atoms with Crippen molar-refractivity contribution in [2.24, 2.45) is 0 Å². The second-order valence-corrected chi connectivity index (χ2v) is 5.48. The summed E-state index contributed by atoms with van der Waals surface area (Å²) in [6.45, 7) is 0.0508. The first-order valence-corrected chi connectivity index (χ1v) is 6.87. The van der Waals surface area contributed by atoms with Gasteiger partial charge in [0.2, 0.25) is 5.91 Å². The van der Waals surface area contributed by atoms with Gasteiger partial charge in [-0.1, -0.05) is 0 Å². The number of carboxylic acids is 1. The molecule has 7 heteroatoms. The third kappa shape index (κ3) is 2.84. The number of nitrogens with one attached hydrogen (secondary N) is 1. The molecule has 0 atom stereocenters. The summed E-state index contributed by atoms with van der Waals surface area (Å²) in [5.41, 5.74) is -1.10. The molecule has 1 amide bonds. The number of rotatable bonds is 4. The number of amides is 1. The molecule has 1 aromatic rings. The van der Waals surface area contributed by atoms with Crippen LogP contribution < -0.4 is 5.32 Å². The maximum absolute atomic E-state index is 11.8. The van der Waals surface area contributed by atoms with Crippen LogP contribution in [0.4, 0.5) is 0 Å². The van der Waals surface area contributed by atoms with E-state index in [4.69, 9.17) is 0 Å². The summed E-state index contributed by atoms with van der Waals surface area (Å²) in [6.07, 6.45) is 4.19. The van der Waals surface area contributed by atoms with Gasteiger partial charge in [0.15, 0.2) is 0 Å². The van der Waals surface area contributed by atoms with Crippen molar-refractivity contribution in [3.8, 4) is 0 Å². The zero-order valence-corrected chi connectivity index (χ0v) is 10.7. The van der Waals surface area contributed by atoms with E-state index in [0.29, 0.717) is 12.8 Å². The lowest BCUT2D eigenvalue weighted by molar-refractivity contribution is -0.148. The van der Waals surface area contributed by atoms with Crippen molar-refractivity contribution in [3.05, 3.63) is 18.5 Å². The predicted octanol–water partition coefficient (Wildman–Crippen LogP) is 0.350. The highest BCUT2D eigenvalue weighted by atomic mass is 32.2. The highest BCUT2D eigenvalue weighted by Gasteiger charge is 2.41. The molecule has 2 rings (SSSR count). The second kappa shape index (κ2) is 5.43. The Balaban J connectivity index is 2.00. The Morgan fingerprint density at radius 1 is 1.44 bits per heavy atom. The third-order valence-electron chi connectivity index (χ3n) is 3.00. The van der Waals surface area contributed by atoms with Gasteiger partial charge in [-0.25, -0.2) is 4.79 Å². The zero-order valence-electron chi connectivity index (χ0n) is 9.83. The number of aromatic nitrogens is 2. The summed E-state index contributed by atoms with van der Waals surface area (Å²) >= 11 is 1.71. The largest absolute Gasteiger partial charge is 0.480 e. The number of carboxylic acid groups (broad SMARTS) is 1. The van der Waals surface area contributed by atoms with Crippen LogP contribution in [0, 0.1) is 0 Å². The van der Waals surface area contributed by atoms with Crippen molar-refractivity contribution in [1.29, 1.82) is 0 Å². The molecule has 1 fully saturated rings. The van der Waals surface area contributed by atoms with Gasteiger partial charge < -0.3 is 10.4 Å². The minimum absolute atomic E-state index is 0.0508. The standard InChI is InChI=1S/C11H15N3O3S/c15-9(8-14-5-1-4-12-14)13-11(10(16)17)2-6-18-7-3-11/h1,4-5H,2-3,6-8H2,(H,13,15)(H,16,17). The van der Waals surface area contributed by atoms with E-state index in [2.05, 4.69) is 10.4 Å². The predicted molar refractivity (Wildman–Crippen MR) is 67.3 cm³/mol. The fraction of sp³-hybridized carbons (Fsp3) is 0.545. The van der Waals surface area contributed by atoms with Crippen LogP contribution in [0.25, 0.3) is 0 Å². The molecule has 18 heavy (non-hydrogen) atoms. The van der Waals surface area contributed by atoms with E-state index in [0.717, 1.165) is 11.5 Å². The molecule has 1 aliphatic heterocycles. The summed E-state index contributed by atoms with van der Waals surface area (Å²) in [5, 5.41) is 15.9. The van der Waals surface area contributed by atoms with E-state index in [1.807, 2.05) is 0 Å². The smallest absolute Gasteiger partial charge is 0.329 e. The summed E-state index contributed by atoms with van der Waals surface area (Å²) in [4.78, 5) is 23.2. The van der Waals surface area contributed by atoms with Gasteiger partial charge in [0.25, 0.3) is 0 Å². The number of thioether (sulfide) groups is 1. The fourth-order valence-electron chi connectivity index (χ4n) is 1.96. The maximum Gasteiger partial charge on any atom is 0.329 e. The normalized spacial score (nSPS) is 18.2. The van der Waals surface area contributed by atoms with Gasteiger partial charge in [-0.05, 0) is 30.4 Å². The zero-order chi connectivity index (χ0) is 13.0. The summed E-state index contributed by atoms with van der Waals surface area (Å²) in [5.74, 6) is 0.257. The van der Waals surface area contributed by atoms with Crippen molar-refractivity contribution < 1.29 is 14.7 Å². The van der Waals surface area contributed by atoms with Crippen LogP contribution in [0.15, 0.2) is 18.5 Å². The Morgan fingerprint density at radius 3 is 2.72 bits per heavy atom. The highest BCUT2D eigenvalue weighted by molar-refractivity contribution is 7.99. The number of nitrogens with zero attached hydrogens (tertiary/aromatic N) is 2. The van der Waals surface area contributed by atoms with Gasteiger partial charge in [0.1, 0.15) is 12.1 Å². The summed E-state index contributed by atoms with van der Waals surface area (Å²) in [7, 11) is 0. The Labute approximate surface area is 109 Å². The molecular weight excluding hydrogens is 254 g/mol. The maximum atomic E-state index is 11.8. The highest BCUT2D eigenvalue weighted by Crippen LogP contribution is 2.27. The first-order valence-electron chi connectivity index (χ1n) is 5.72. The van der Waals surface area contributed by atoms with Gasteiger partial charge in [0, 0.05) is 12.4 Å². The van der Waals surface area contributed by atoms with Crippen LogP contribution in [0.1, 0.15) is 12.8 Å². The Morgan fingerprint density at radius 2 is 2.17 bits per heavy atom. The summed E-state index contributed by atoms with van der Waals surface area (Å²) in [6, 6.07) is 1.72. The number of hydrogen-bond donors (Lipinski definition) is 2. The molecule has 0 aliphatic carbocycles. The lowest BCUT2D eigenvalue weighted by Crippen LogP contribution is -2.57.